The van der Waals surface area contributed by atoms with Crippen LogP contribution in [-0.2, 0) is 25.5 Å². The lowest BCUT2D eigenvalue weighted by atomic mass is 10.0. The quantitative estimate of drug-likeness (QED) is 0.145. The second kappa shape index (κ2) is 20.1. The highest BCUT2D eigenvalue weighted by atomic mass is 35.5. The lowest BCUT2D eigenvalue weighted by Gasteiger charge is -2.07. The summed E-state index contributed by atoms with van der Waals surface area (Å²) in [5, 5.41) is 0.667. The molecule has 5 heteroatoms. The summed E-state index contributed by atoms with van der Waals surface area (Å²) in [4.78, 5) is 23.5. The van der Waals surface area contributed by atoms with Gasteiger partial charge in [0.2, 0.25) is 0 Å². The molecule has 0 saturated carbocycles. The minimum absolute atomic E-state index is 0.0625. The molecule has 0 aromatic heterocycles. The van der Waals surface area contributed by atoms with E-state index in [0.717, 1.165) is 18.4 Å². The van der Waals surface area contributed by atoms with Gasteiger partial charge in [-0.25, -0.2) is 0 Å². The molecule has 0 amide bonds. The Balaban J connectivity index is 1.85. The summed E-state index contributed by atoms with van der Waals surface area (Å²) >= 11 is 5.93. The lowest BCUT2D eigenvalue weighted by Crippen LogP contribution is -2.12. The first-order chi connectivity index (χ1) is 15.6. The van der Waals surface area contributed by atoms with Crippen molar-refractivity contribution in [1.82, 2.24) is 0 Å². The van der Waals surface area contributed by atoms with Gasteiger partial charge in [-0.15, -0.1) is 0 Å². The van der Waals surface area contributed by atoms with Crippen molar-refractivity contribution in [3.63, 3.8) is 0 Å². The molecule has 0 saturated heterocycles. The summed E-state index contributed by atoms with van der Waals surface area (Å²) in [6.07, 6.45) is 17.5. The molecule has 4 nitrogen and oxygen atoms in total. The average molecular weight is 467 g/mol. The fourth-order valence-electron chi connectivity index (χ4n) is 3.63. The minimum atomic E-state index is -0.370. The van der Waals surface area contributed by atoms with E-state index in [1.54, 1.807) is 6.07 Å². The van der Waals surface area contributed by atoms with E-state index in [9.17, 15) is 9.59 Å². The van der Waals surface area contributed by atoms with Crippen molar-refractivity contribution in [1.29, 1.82) is 0 Å². The van der Waals surface area contributed by atoms with E-state index in [1.807, 2.05) is 18.2 Å². The van der Waals surface area contributed by atoms with Crippen LogP contribution >= 0.6 is 11.6 Å². The van der Waals surface area contributed by atoms with Crippen LogP contribution in [0.15, 0.2) is 24.3 Å². The van der Waals surface area contributed by atoms with Crippen LogP contribution in [0.4, 0.5) is 0 Å². The van der Waals surface area contributed by atoms with Gasteiger partial charge in [-0.1, -0.05) is 108 Å². The molecule has 0 spiro atoms. The number of carbonyl (C=O) groups excluding carboxylic acids is 2. The van der Waals surface area contributed by atoms with E-state index in [0.29, 0.717) is 18.1 Å². The third-order valence-corrected chi connectivity index (χ3v) is 5.82. The third kappa shape index (κ3) is 17.1. The Labute approximate surface area is 200 Å². The normalized spacial score (nSPS) is 10.8. The van der Waals surface area contributed by atoms with Crippen molar-refractivity contribution in [2.24, 2.45) is 0 Å². The maximum Gasteiger partial charge on any atom is 0.306 e. The third-order valence-electron chi connectivity index (χ3n) is 5.59. The zero-order valence-electron chi connectivity index (χ0n) is 20.0. The highest BCUT2D eigenvalue weighted by Gasteiger charge is 2.09. The predicted molar refractivity (Wildman–Crippen MR) is 132 cm³/mol. The molecule has 0 atom stereocenters. The molecule has 0 bridgehead atoms. The molecular formula is C27H43ClO4. The summed E-state index contributed by atoms with van der Waals surface area (Å²) in [5.74, 6) is -0.694. The number of hydrogen-bond donors (Lipinski definition) is 0. The van der Waals surface area contributed by atoms with Gasteiger partial charge >= 0.3 is 11.9 Å². The van der Waals surface area contributed by atoms with Gasteiger partial charge in [0.1, 0.15) is 0 Å². The van der Waals surface area contributed by atoms with Crippen LogP contribution in [0.3, 0.4) is 0 Å². The van der Waals surface area contributed by atoms with Gasteiger partial charge in [0.05, 0.1) is 26.1 Å². The predicted octanol–water partition coefficient (Wildman–Crippen LogP) is 7.84. The molecule has 182 valence electrons. The number of ether oxygens (including phenoxy) is 2. The molecule has 0 unspecified atom stereocenters. The van der Waals surface area contributed by atoms with Crippen molar-refractivity contribution in [3.05, 3.63) is 34.9 Å². The Kier molecular flexibility index (Phi) is 17.9. The fraction of sp³-hybridized carbons (Fsp3) is 0.704. The van der Waals surface area contributed by atoms with Crippen molar-refractivity contribution in [2.75, 3.05) is 13.2 Å². The maximum absolute atomic E-state index is 11.8. The van der Waals surface area contributed by atoms with E-state index in [-0.39, 0.29) is 31.4 Å². The van der Waals surface area contributed by atoms with E-state index in [4.69, 9.17) is 21.1 Å². The van der Waals surface area contributed by atoms with Crippen molar-refractivity contribution in [3.8, 4) is 0 Å². The zero-order valence-corrected chi connectivity index (χ0v) is 20.8. The Morgan fingerprint density at radius 3 is 1.75 bits per heavy atom. The molecule has 1 aromatic rings. The first-order valence-electron chi connectivity index (χ1n) is 12.7. The van der Waals surface area contributed by atoms with Crippen LogP contribution < -0.4 is 0 Å². The van der Waals surface area contributed by atoms with E-state index in [2.05, 4.69) is 6.92 Å². The van der Waals surface area contributed by atoms with E-state index in [1.165, 1.54) is 70.6 Å². The van der Waals surface area contributed by atoms with Gasteiger partial charge in [0.15, 0.2) is 0 Å². The number of rotatable bonds is 20. The lowest BCUT2D eigenvalue weighted by molar-refractivity contribution is -0.150. The van der Waals surface area contributed by atoms with Crippen LogP contribution in [0.5, 0.6) is 0 Å². The number of hydrogen-bond acceptors (Lipinski definition) is 4. The largest absolute Gasteiger partial charge is 0.466 e. The molecule has 0 fully saturated rings. The molecule has 0 heterocycles. The smallest absolute Gasteiger partial charge is 0.306 e. The Morgan fingerprint density at radius 2 is 1.22 bits per heavy atom. The maximum atomic E-state index is 11.8. The first kappa shape index (κ1) is 28.5. The van der Waals surface area contributed by atoms with E-state index >= 15 is 0 Å². The summed E-state index contributed by atoms with van der Waals surface area (Å²) in [6, 6.07) is 7.46. The first-order valence-corrected chi connectivity index (χ1v) is 13.0. The van der Waals surface area contributed by atoms with Gasteiger partial charge < -0.3 is 9.47 Å². The van der Waals surface area contributed by atoms with E-state index < -0.39 is 0 Å². The summed E-state index contributed by atoms with van der Waals surface area (Å²) in [7, 11) is 0. The number of halogens is 1. The molecule has 0 aliphatic rings. The van der Waals surface area contributed by atoms with Gasteiger partial charge in [-0.05, 0) is 24.1 Å². The number of benzene rings is 1. The molecule has 32 heavy (non-hydrogen) atoms. The second-order valence-electron chi connectivity index (χ2n) is 8.56. The highest BCUT2D eigenvalue weighted by Crippen LogP contribution is 2.13. The van der Waals surface area contributed by atoms with Crippen LogP contribution in [0.1, 0.15) is 109 Å². The topological polar surface area (TPSA) is 52.6 Å². The van der Waals surface area contributed by atoms with Crippen molar-refractivity contribution >= 4 is 23.5 Å². The summed E-state index contributed by atoms with van der Waals surface area (Å²) < 4.78 is 10.4. The number of carbonyl (C=O) groups is 2. The molecule has 1 rings (SSSR count). The summed E-state index contributed by atoms with van der Waals surface area (Å²) in [5.41, 5.74) is 1.02. The van der Waals surface area contributed by atoms with Gasteiger partial charge in [0.25, 0.3) is 0 Å². The molecule has 0 aliphatic carbocycles. The second-order valence-corrected chi connectivity index (χ2v) is 9.00. The van der Waals surface area contributed by atoms with Crippen LogP contribution in [0.25, 0.3) is 0 Å². The van der Waals surface area contributed by atoms with Crippen molar-refractivity contribution in [2.45, 2.75) is 110 Å². The van der Waals surface area contributed by atoms with Crippen LogP contribution in [-0.4, -0.2) is 25.2 Å². The molecule has 1 aromatic carbocycles. The van der Waals surface area contributed by atoms with Gasteiger partial charge in [-0.3, -0.25) is 9.59 Å². The highest BCUT2D eigenvalue weighted by molar-refractivity contribution is 6.30. The Bertz CT molecular complexity index is 617. The average Bonchev–Trinajstić information content (AvgIpc) is 2.78. The monoisotopic (exact) mass is 466 g/mol. The van der Waals surface area contributed by atoms with Crippen LogP contribution in [0.2, 0.25) is 5.02 Å². The Morgan fingerprint density at radius 1 is 0.719 bits per heavy atom. The van der Waals surface area contributed by atoms with Gasteiger partial charge in [-0.2, -0.15) is 0 Å². The molecular weight excluding hydrogens is 424 g/mol. The van der Waals surface area contributed by atoms with Crippen LogP contribution in [0, 0.1) is 0 Å². The van der Waals surface area contributed by atoms with Crippen molar-refractivity contribution < 1.29 is 19.1 Å². The van der Waals surface area contributed by atoms with Gasteiger partial charge in [0, 0.05) is 11.4 Å². The minimum Gasteiger partial charge on any atom is -0.466 e. The Hall–Kier alpha value is -1.55. The molecule has 0 N–H and O–H groups in total. The number of unbranched alkanes of at least 4 members (excludes halogenated alkanes) is 12. The number of esters is 2. The fourth-order valence-corrected chi connectivity index (χ4v) is 3.84. The molecule has 0 aliphatic heterocycles. The SMILES string of the molecule is CCCCCCCCCCCCCCCOC(=O)CCC(=O)OCCc1cccc(Cl)c1. The molecule has 0 radical (unpaired) electrons. The standard InChI is InChI=1S/C27H43ClO4/c1-2-3-4-5-6-7-8-9-10-11-12-13-14-21-31-26(29)18-19-27(30)32-22-20-24-16-15-17-25(28)23-24/h15-17,23H,2-14,18-22H2,1H3. The zero-order chi connectivity index (χ0) is 23.3. The summed E-state index contributed by atoms with van der Waals surface area (Å²) in [6.45, 7) is 2.99.